The molecule has 0 unspecified atom stereocenters. The monoisotopic (exact) mass is 493 g/mol. The normalized spacial score (nSPS) is 13.3. The summed E-state index contributed by atoms with van der Waals surface area (Å²) in [5.41, 5.74) is -1.65. The topological polar surface area (TPSA) is 29.5 Å². The zero-order valence-corrected chi connectivity index (χ0v) is 19.3. The van der Waals surface area contributed by atoms with Gasteiger partial charge in [0.2, 0.25) is 5.91 Å². The maximum absolute atomic E-state index is 13.0. The summed E-state index contributed by atoms with van der Waals surface area (Å²) in [5.74, 6) is 0.972. The van der Waals surface area contributed by atoms with E-state index in [9.17, 15) is 31.1 Å². The van der Waals surface area contributed by atoms with Gasteiger partial charge in [0.25, 0.3) is 0 Å². The van der Waals surface area contributed by atoms with Gasteiger partial charge in [-0.05, 0) is 48.6 Å². The number of halogens is 6. The zero-order valence-electron chi connectivity index (χ0n) is 18.4. The molecule has 0 saturated carbocycles. The summed E-state index contributed by atoms with van der Waals surface area (Å²) < 4.78 is 83.8. The first-order chi connectivity index (χ1) is 15.5. The number of rotatable bonds is 6. The van der Waals surface area contributed by atoms with Crippen molar-refractivity contribution >= 4 is 23.4 Å². The Labute approximate surface area is 193 Å². The molecule has 0 atom stereocenters. The Morgan fingerprint density at radius 2 is 1.64 bits per heavy atom. The molecule has 3 rings (SSSR count). The third kappa shape index (κ3) is 6.82. The molecule has 0 aromatic heterocycles. The number of ether oxygens (including phenoxy) is 1. The van der Waals surface area contributed by atoms with Crippen LogP contribution in [0.2, 0.25) is 0 Å². The van der Waals surface area contributed by atoms with E-state index in [1.54, 1.807) is 34.9 Å². The molecule has 2 aromatic carbocycles. The molecule has 182 valence electrons. The molecular formula is C23H25F6NO2S. The SMILES string of the molecule is CC.CSCCC(=O)N1CCc2c(OCc3cc(C(F)(F)F)cc(C(F)(F)F)c3)cccc21. The van der Waals surface area contributed by atoms with E-state index in [0.29, 0.717) is 54.3 Å². The number of hydrogen-bond donors (Lipinski definition) is 0. The minimum atomic E-state index is -4.92. The lowest BCUT2D eigenvalue weighted by Crippen LogP contribution is -2.29. The second kappa shape index (κ2) is 11.2. The van der Waals surface area contributed by atoms with Crippen LogP contribution < -0.4 is 9.64 Å². The average molecular weight is 494 g/mol. The fourth-order valence-corrected chi connectivity index (χ4v) is 3.76. The highest BCUT2D eigenvalue weighted by atomic mass is 32.2. The smallest absolute Gasteiger partial charge is 0.416 e. The number of anilines is 1. The Morgan fingerprint density at radius 3 is 2.18 bits per heavy atom. The van der Waals surface area contributed by atoms with Crippen molar-refractivity contribution in [3.05, 3.63) is 58.7 Å². The van der Waals surface area contributed by atoms with Crippen LogP contribution in [0.5, 0.6) is 5.75 Å². The third-order valence-corrected chi connectivity index (χ3v) is 5.46. The van der Waals surface area contributed by atoms with Crippen molar-refractivity contribution in [2.24, 2.45) is 0 Å². The number of carbonyl (C=O) groups excluding carboxylic acids is 1. The van der Waals surface area contributed by atoms with Gasteiger partial charge in [-0.15, -0.1) is 0 Å². The van der Waals surface area contributed by atoms with Gasteiger partial charge in [-0.25, -0.2) is 0 Å². The number of fused-ring (bicyclic) bond motifs is 1. The van der Waals surface area contributed by atoms with Crippen LogP contribution >= 0.6 is 11.8 Å². The van der Waals surface area contributed by atoms with Gasteiger partial charge >= 0.3 is 12.4 Å². The molecule has 0 saturated heterocycles. The summed E-state index contributed by atoms with van der Waals surface area (Å²) in [7, 11) is 0. The molecule has 0 radical (unpaired) electrons. The van der Waals surface area contributed by atoms with Crippen LogP contribution in [-0.4, -0.2) is 24.5 Å². The van der Waals surface area contributed by atoms with Crippen LogP contribution in [-0.2, 0) is 30.2 Å². The van der Waals surface area contributed by atoms with Gasteiger partial charge in [0.1, 0.15) is 12.4 Å². The lowest BCUT2D eigenvalue weighted by Gasteiger charge is -2.18. The van der Waals surface area contributed by atoms with Crippen LogP contribution in [0, 0.1) is 0 Å². The fourth-order valence-electron chi connectivity index (χ4n) is 3.38. The van der Waals surface area contributed by atoms with Crippen molar-refractivity contribution in [1.29, 1.82) is 0 Å². The Morgan fingerprint density at radius 1 is 1.03 bits per heavy atom. The van der Waals surface area contributed by atoms with Crippen LogP contribution in [0.4, 0.5) is 32.0 Å². The van der Waals surface area contributed by atoms with E-state index in [-0.39, 0.29) is 17.5 Å². The quantitative estimate of drug-likeness (QED) is 0.407. The molecule has 0 aliphatic carbocycles. The first-order valence-corrected chi connectivity index (χ1v) is 11.7. The third-order valence-electron chi connectivity index (χ3n) is 4.85. The molecule has 10 heteroatoms. The van der Waals surface area contributed by atoms with Crippen LogP contribution in [0.3, 0.4) is 0 Å². The van der Waals surface area contributed by atoms with E-state index in [1.165, 1.54) is 0 Å². The molecule has 1 aliphatic heterocycles. The van der Waals surface area contributed by atoms with Gasteiger partial charge in [0.05, 0.1) is 16.8 Å². The van der Waals surface area contributed by atoms with Gasteiger partial charge in [0.15, 0.2) is 0 Å². The van der Waals surface area contributed by atoms with Crippen molar-refractivity contribution in [3.63, 3.8) is 0 Å². The predicted octanol–water partition coefficient (Wildman–Crippen LogP) is 6.97. The largest absolute Gasteiger partial charge is 0.489 e. The van der Waals surface area contributed by atoms with Crippen molar-refractivity contribution < 1.29 is 35.9 Å². The van der Waals surface area contributed by atoms with Gasteiger partial charge in [-0.3, -0.25) is 4.79 Å². The Balaban J connectivity index is 0.00000187. The Hall–Kier alpha value is -2.36. The van der Waals surface area contributed by atoms with Crippen LogP contribution in [0.25, 0.3) is 0 Å². The molecular weight excluding hydrogens is 468 g/mol. The highest BCUT2D eigenvalue weighted by Gasteiger charge is 2.37. The lowest BCUT2D eigenvalue weighted by molar-refractivity contribution is -0.143. The average Bonchev–Trinajstić information content (AvgIpc) is 3.21. The van der Waals surface area contributed by atoms with Crippen molar-refractivity contribution in [2.75, 3.05) is 23.5 Å². The fraction of sp³-hybridized carbons (Fsp3) is 0.435. The van der Waals surface area contributed by atoms with Crippen molar-refractivity contribution in [2.45, 2.75) is 45.6 Å². The van der Waals surface area contributed by atoms with E-state index in [0.717, 1.165) is 0 Å². The second-order valence-electron chi connectivity index (χ2n) is 6.99. The number of hydrogen-bond acceptors (Lipinski definition) is 3. The van der Waals surface area contributed by atoms with E-state index >= 15 is 0 Å². The van der Waals surface area contributed by atoms with Crippen LogP contribution in [0.1, 0.15) is 42.5 Å². The van der Waals surface area contributed by atoms with E-state index < -0.39 is 30.1 Å². The van der Waals surface area contributed by atoms with E-state index in [1.807, 2.05) is 20.1 Å². The first-order valence-electron chi connectivity index (χ1n) is 10.3. The minimum Gasteiger partial charge on any atom is -0.489 e. The highest BCUT2D eigenvalue weighted by molar-refractivity contribution is 7.98. The summed E-state index contributed by atoms with van der Waals surface area (Å²) in [4.78, 5) is 14.0. The summed E-state index contributed by atoms with van der Waals surface area (Å²) >= 11 is 1.55. The highest BCUT2D eigenvalue weighted by Crippen LogP contribution is 2.38. The maximum Gasteiger partial charge on any atom is 0.416 e. The maximum atomic E-state index is 13.0. The van der Waals surface area contributed by atoms with Gasteiger partial charge in [0, 0.05) is 24.3 Å². The number of thioether (sulfide) groups is 1. The molecule has 1 heterocycles. The van der Waals surface area contributed by atoms with Crippen molar-refractivity contribution in [1.82, 2.24) is 0 Å². The molecule has 2 aromatic rings. The number of alkyl halides is 6. The Bertz CT molecular complexity index is 927. The number of nitrogens with zero attached hydrogens (tertiary/aromatic N) is 1. The molecule has 33 heavy (non-hydrogen) atoms. The molecule has 1 amide bonds. The van der Waals surface area contributed by atoms with Crippen molar-refractivity contribution in [3.8, 4) is 5.75 Å². The lowest BCUT2D eigenvalue weighted by atomic mass is 10.1. The summed E-state index contributed by atoms with van der Waals surface area (Å²) in [6.45, 7) is 3.98. The molecule has 0 spiro atoms. The van der Waals surface area contributed by atoms with E-state index in [4.69, 9.17) is 4.74 Å². The molecule has 0 N–H and O–H groups in total. The van der Waals surface area contributed by atoms with Gasteiger partial charge in [-0.2, -0.15) is 38.1 Å². The second-order valence-corrected chi connectivity index (χ2v) is 7.98. The number of benzene rings is 2. The minimum absolute atomic E-state index is 0.0436. The molecule has 1 aliphatic rings. The molecule has 0 bridgehead atoms. The number of carbonyl (C=O) groups is 1. The summed E-state index contributed by atoms with van der Waals surface area (Å²) in [6.07, 6.45) is -7.07. The van der Waals surface area contributed by atoms with Crippen LogP contribution in [0.15, 0.2) is 36.4 Å². The summed E-state index contributed by atoms with van der Waals surface area (Å²) in [6, 6.07) is 6.36. The number of amides is 1. The molecule has 3 nitrogen and oxygen atoms in total. The zero-order chi connectivity index (χ0) is 24.8. The van der Waals surface area contributed by atoms with E-state index in [2.05, 4.69) is 0 Å². The first kappa shape index (κ1) is 26.9. The molecule has 0 fully saturated rings. The standard InChI is InChI=1S/C21H19F6NO2S.C2H6/c1-31-8-6-19(29)28-7-5-16-17(28)3-2-4-18(16)30-12-13-9-14(20(22,23)24)11-15(10-13)21(25,26)27;1-2/h2-4,9-11H,5-8,12H2,1H3;1-2H3. The predicted molar refractivity (Wildman–Crippen MR) is 118 cm³/mol. The van der Waals surface area contributed by atoms with Gasteiger partial charge in [-0.1, -0.05) is 19.9 Å². The Kier molecular flexibility index (Phi) is 9.11. The van der Waals surface area contributed by atoms with Gasteiger partial charge < -0.3 is 9.64 Å². The summed E-state index contributed by atoms with van der Waals surface area (Å²) in [5, 5.41) is 0.